The van der Waals surface area contributed by atoms with Crippen molar-refractivity contribution in [3.63, 3.8) is 0 Å². The number of hydrogen-bond donors (Lipinski definition) is 0. The third-order valence-corrected chi connectivity index (χ3v) is 3.29. The van der Waals surface area contributed by atoms with Gasteiger partial charge >= 0.3 is 0 Å². The monoisotopic (exact) mass is 182 g/mol. The Balaban J connectivity index is 1.74. The SMILES string of the molecule is CC1OCCC1C(=O)CCC1CC1. The molecule has 1 heterocycles. The quantitative estimate of drug-likeness (QED) is 0.666. The fraction of sp³-hybridized carbons (Fsp3) is 0.909. The van der Waals surface area contributed by atoms with E-state index >= 15 is 0 Å². The molecule has 2 unspecified atom stereocenters. The molecular formula is C11H18O2. The summed E-state index contributed by atoms with van der Waals surface area (Å²) < 4.78 is 5.39. The van der Waals surface area contributed by atoms with Crippen LogP contribution in [0, 0.1) is 11.8 Å². The molecular weight excluding hydrogens is 164 g/mol. The Bertz CT molecular complexity index is 196. The molecule has 0 aromatic rings. The van der Waals surface area contributed by atoms with Crippen molar-refractivity contribution in [1.82, 2.24) is 0 Å². The van der Waals surface area contributed by atoms with Crippen LogP contribution in [0.25, 0.3) is 0 Å². The van der Waals surface area contributed by atoms with Gasteiger partial charge in [0.1, 0.15) is 5.78 Å². The third kappa shape index (κ3) is 2.31. The van der Waals surface area contributed by atoms with Crippen LogP contribution in [0.3, 0.4) is 0 Å². The van der Waals surface area contributed by atoms with E-state index in [4.69, 9.17) is 4.74 Å². The summed E-state index contributed by atoms with van der Waals surface area (Å²) in [6.45, 7) is 2.80. The summed E-state index contributed by atoms with van der Waals surface area (Å²) in [4.78, 5) is 11.7. The van der Waals surface area contributed by atoms with Gasteiger partial charge in [0.15, 0.2) is 0 Å². The van der Waals surface area contributed by atoms with Gasteiger partial charge in [-0.2, -0.15) is 0 Å². The number of hydrogen-bond acceptors (Lipinski definition) is 2. The van der Waals surface area contributed by atoms with Crippen molar-refractivity contribution in [2.45, 2.75) is 45.1 Å². The van der Waals surface area contributed by atoms with Crippen LogP contribution in [0.1, 0.15) is 39.0 Å². The Morgan fingerprint density at radius 1 is 1.38 bits per heavy atom. The smallest absolute Gasteiger partial charge is 0.138 e. The zero-order valence-corrected chi connectivity index (χ0v) is 8.29. The fourth-order valence-electron chi connectivity index (χ4n) is 2.09. The molecule has 0 amide bonds. The van der Waals surface area contributed by atoms with Crippen molar-refractivity contribution >= 4 is 5.78 Å². The van der Waals surface area contributed by atoms with Crippen LogP contribution in [0.4, 0.5) is 0 Å². The molecule has 0 bridgehead atoms. The first-order chi connectivity index (χ1) is 6.27. The lowest BCUT2D eigenvalue weighted by molar-refractivity contribution is -0.124. The van der Waals surface area contributed by atoms with E-state index in [2.05, 4.69) is 0 Å². The van der Waals surface area contributed by atoms with E-state index in [9.17, 15) is 4.79 Å². The Kier molecular flexibility index (Phi) is 2.68. The standard InChI is InChI=1S/C11H18O2/c1-8-10(6-7-13-8)11(12)5-4-9-2-3-9/h8-10H,2-7H2,1H3. The Morgan fingerprint density at radius 2 is 2.15 bits per heavy atom. The molecule has 0 N–H and O–H groups in total. The summed E-state index contributed by atoms with van der Waals surface area (Å²) in [6, 6.07) is 0. The molecule has 1 aliphatic heterocycles. The van der Waals surface area contributed by atoms with Gasteiger partial charge in [0.25, 0.3) is 0 Å². The van der Waals surface area contributed by atoms with E-state index in [1.165, 1.54) is 12.8 Å². The van der Waals surface area contributed by atoms with Crippen LogP contribution in [-0.4, -0.2) is 18.5 Å². The van der Waals surface area contributed by atoms with E-state index in [0.29, 0.717) is 5.78 Å². The molecule has 1 aliphatic carbocycles. The molecule has 0 radical (unpaired) electrons. The number of carbonyl (C=O) groups is 1. The molecule has 2 nitrogen and oxygen atoms in total. The number of ether oxygens (including phenoxy) is 1. The number of rotatable bonds is 4. The number of ketones is 1. The first-order valence-corrected chi connectivity index (χ1v) is 5.41. The van der Waals surface area contributed by atoms with Crippen molar-refractivity contribution in [1.29, 1.82) is 0 Å². The second-order valence-corrected chi connectivity index (χ2v) is 4.42. The molecule has 2 heteroatoms. The van der Waals surface area contributed by atoms with Crippen LogP contribution >= 0.6 is 0 Å². The van der Waals surface area contributed by atoms with Crippen molar-refractivity contribution in [2.75, 3.05) is 6.61 Å². The van der Waals surface area contributed by atoms with Gasteiger partial charge < -0.3 is 4.74 Å². The summed E-state index contributed by atoms with van der Waals surface area (Å²) in [5.74, 6) is 1.53. The minimum atomic E-state index is 0.173. The Morgan fingerprint density at radius 3 is 2.69 bits per heavy atom. The maximum Gasteiger partial charge on any atom is 0.138 e. The van der Waals surface area contributed by atoms with Gasteiger partial charge in [0, 0.05) is 18.9 Å². The third-order valence-electron chi connectivity index (χ3n) is 3.29. The van der Waals surface area contributed by atoms with Crippen LogP contribution < -0.4 is 0 Å². The summed E-state index contributed by atoms with van der Waals surface area (Å²) in [5, 5.41) is 0. The topological polar surface area (TPSA) is 26.3 Å². The van der Waals surface area contributed by atoms with Gasteiger partial charge in [-0.15, -0.1) is 0 Å². The molecule has 1 saturated carbocycles. The molecule has 2 fully saturated rings. The van der Waals surface area contributed by atoms with Crippen LogP contribution in [-0.2, 0) is 9.53 Å². The van der Waals surface area contributed by atoms with Crippen LogP contribution in [0.2, 0.25) is 0 Å². The maximum absolute atomic E-state index is 11.7. The van der Waals surface area contributed by atoms with Crippen molar-refractivity contribution in [3.05, 3.63) is 0 Å². The summed E-state index contributed by atoms with van der Waals surface area (Å²) in [7, 11) is 0. The molecule has 2 rings (SSSR count). The van der Waals surface area contributed by atoms with Gasteiger partial charge in [-0.05, 0) is 25.7 Å². The zero-order chi connectivity index (χ0) is 9.26. The van der Waals surface area contributed by atoms with E-state index < -0.39 is 0 Å². The molecule has 13 heavy (non-hydrogen) atoms. The lowest BCUT2D eigenvalue weighted by atomic mass is 9.94. The largest absolute Gasteiger partial charge is 0.378 e. The number of Topliss-reactive ketones (excluding diaryl/α,β-unsaturated/α-hetero) is 1. The predicted octanol–water partition coefficient (Wildman–Crippen LogP) is 2.17. The summed E-state index contributed by atoms with van der Waals surface area (Å²) in [5.41, 5.74) is 0. The van der Waals surface area contributed by atoms with Gasteiger partial charge in [0.05, 0.1) is 6.10 Å². The molecule has 1 saturated heterocycles. The first-order valence-electron chi connectivity index (χ1n) is 5.41. The van der Waals surface area contributed by atoms with E-state index in [-0.39, 0.29) is 12.0 Å². The molecule has 0 aromatic carbocycles. The molecule has 74 valence electrons. The summed E-state index contributed by atoms with van der Waals surface area (Å²) in [6.07, 6.45) is 5.75. The van der Waals surface area contributed by atoms with Crippen molar-refractivity contribution < 1.29 is 9.53 Å². The molecule has 2 aliphatic rings. The highest BCUT2D eigenvalue weighted by atomic mass is 16.5. The highest BCUT2D eigenvalue weighted by molar-refractivity contribution is 5.81. The van der Waals surface area contributed by atoms with Gasteiger partial charge in [-0.1, -0.05) is 12.8 Å². The predicted molar refractivity (Wildman–Crippen MR) is 50.5 cm³/mol. The van der Waals surface area contributed by atoms with Crippen LogP contribution in [0.5, 0.6) is 0 Å². The van der Waals surface area contributed by atoms with Crippen LogP contribution in [0.15, 0.2) is 0 Å². The molecule has 0 spiro atoms. The average Bonchev–Trinajstić information content (AvgIpc) is 2.84. The van der Waals surface area contributed by atoms with E-state index in [0.717, 1.165) is 31.8 Å². The second kappa shape index (κ2) is 3.79. The fourth-order valence-corrected chi connectivity index (χ4v) is 2.09. The van der Waals surface area contributed by atoms with Gasteiger partial charge in [0.2, 0.25) is 0 Å². The zero-order valence-electron chi connectivity index (χ0n) is 8.29. The minimum absolute atomic E-state index is 0.173. The average molecular weight is 182 g/mol. The Hall–Kier alpha value is -0.370. The van der Waals surface area contributed by atoms with E-state index in [1.54, 1.807) is 0 Å². The van der Waals surface area contributed by atoms with Gasteiger partial charge in [-0.3, -0.25) is 4.79 Å². The maximum atomic E-state index is 11.7. The van der Waals surface area contributed by atoms with Crippen molar-refractivity contribution in [3.8, 4) is 0 Å². The van der Waals surface area contributed by atoms with Crippen molar-refractivity contribution in [2.24, 2.45) is 11.8 Å². The van der Waals surface area contributed by atoms with Gasteiger partial charge in [-0.25, -0.2) is 0 Å². The normalized spacial score (nSPS) is 33.6. The van der Waals surface area contributed by atoms with E-state index in [1.807, 2.05) is 6.92 Å². The first kappa shape index (κ1) is 9.20. The highest BCUT2D eigenvalue weighted by Gasteiger charge is 2.31. The lowest BCUT2D eigenvalue weighted by Gasteiger charge is -2.11. The second-order valence-electron chi connectivity index (χ2n) is 4.42. The molecule has 2 atom stereocenters. The highest BCUT2D eigenvalue weighted by Crippen LogP contribution is 2.34. The Labute approximate surface area is 79.7 Å². The lowest BCUT2D eigenvalue weighted by Crippen LogP contribution is -2.21. The minimum Gasteiger partial charge on any atom is -0.378 e. The summed E-state index contributed by atoms with van der Waals surface area (Å²) >= 11 is 0. The molecule has 0 aromatic heterocycles. The number of carbonyl (C=O) groups excluding carboxylic acids is 1.